The van der Waals surface area contributed by atoms with E-state index < -0.39 is 5.92 Å². The maximum Gasteiger partial charge on any atom is 0.241 e. The van der Waals surface area contributed by atoms with Crippen LogP contribution in [0, 0.1) is 19.8 Å². The van der Waals surface area contributed by atoms with Gasteiger partial charge in [0.05, 0.1) is 5.71 Å². The van der Waals surface area contributed by atoms with Gasteiger partial charge >= 0.3 is 0 Å². The van der Waals surface area contributed by atoms with E-state index in [4.69, 9.17) is 21.7 Å². The number of anilines is 1. The highest BCUT2D eigenvalue weighted by Gasteiger charge is 2.38. The molecule has 0 bridgehead atoms. The molecule has 178 valence electrons. The van der Waals surface area contributed by atoms with Crippen LogP contribution in [-0.2, 0) is 19.1 Å². The Morgan fingerprint density at radius 1 is 1.15 bits per heavy atom. The normalized spacial score (nSPS) is 21.8. The Kier molecular flexibility index (Phi) is 6.12. The summed E-state index contributed by atoms with van der Waals surface area (Å²) < 4.78 is 10.8. The largest absolute Gasteiger partial charge is 0.454 e. The minimum absolute atomic E-state index is 0.115. The van der Waals surface area contributed by atoms with Gasteiger partial charge < -0.3 is 19.3 Å². The number of hydrogen-bond donors (Lipinski definition) is 0. The Morgan fingerprint density at radius 2 is 1.91 bits per heavy atom. The molecule has 3 aliphatic heterocycles. The zero-order valence-electron chi connectivity index (χ0n) is 19.5. The molecule has 1 aromatic carbocycles. The summed E-state index contributed by atoms with van der Waals surface area (Å²) >= 11 is 5.37. The lowest BCUT2D eigenvalue weighted by atomic mass is 9.94. The van der Waals surface area contributed by atoms with Crippen molar-refractivity contribution in [3.8, 4) is 0 Å². The highest BCUT2D eigenvalue weighted by molar-refractivity contribution is 7.80. The Balaban J connectivity index is 1.13. The van der Waals surface area contributed by atoms with Crippen molar-refractivity contribution in [2.45, 2.75) is 26.7 Å². The number of aliphatic imine (C=N–C) groups is 1. The van der Waals surface area contributed by atoms with Crippen molar-refractivity contribution in [1.29, 1.82) is 0 Å². The second-order valence-electron chi connectivity index (χ2n) is 8.92. The van der Waals surface area contributed by atoms with E-state index in [2.05, 4.69) is 41.9 Å². The smallest absolute Gasteiger partial charge is 0.241 e. The maximum atomic E-state index is 13.0. The number of benzene rings is 1. The number of carbonyl (C=O) groups is 2. The third-order valence-corrected chi connectivity index (χ3v) is 7.21. The second kappa shape index (κ2) is 9.21. The Morgan fingerprint density at radius 3 is 2.71 bits per heavy atom. The van der Waals surface area contributed by atoms with Gasteiger partial charge in [-0.1, -0.05) is 12.1 Å². The van der Waals surface area contributed by atoms with E-state index in [0.29, 0.717) is 49.7 Å². The summed E-state index contributed by atoms with van der Waals surface area (Å²) in [4.78, 5) is 36.1. The molecule has 1 aromatic rings. The number of rotatable bonds is 5. The van der Waals surface area contributed by atoms with E-state index >= 15 is 0 Å². The minimum Gasteiger partial charge on any atom is -0.454 e. The number of fused-ring (bicyclic) bond motifs is 2. The van der Waals surface area contributed by atoms with Gasteiger partial charge in [0.2, 0.25) is 23.7 Å². The van der Waals surface area contributed by atoms with Crippen molar-refractivity contribution in [3.63, 3.8) is 0 Å². The van der Waals surface area contributed by atoms with E-state index in [0.717, 1.165) is 13.1 Å². The monoisotopic (exact) mass is 480 g/mol. The zero-order chi connectivity index (χ0) is 23.8. The molecule has 1 aliphatic carbocycles. The fourth-order valence-electron chi connectivity index (χ4n) is 4.76. The van der Waals surface area contributed by atoms with E-state index in [-0.39, 0.29) is 23.7 Å². The van der Waals surface area contributed by atoms with Crippen molar-refractivity contribution in [2.24, 2.45) is 10.9 Å². The first-order valence-corrected chi connectivity index (χ1v) is 12.1. The van der Waals surface area contributed by atoms with Crippen molar-refractivity contribution in [1.82, 2.24) is 9.80 Å². The molecule has 1 unspecified atom stereocenters. The number of allylic oxidation sites excluding steroid dienone is 1. The lowest BCUT2D eigenvalue weighted by Gasteiger charge is -2.37. The van der Waals surface area contributed by atoms with Gasteiger partial charge in [0.1, 0.15) is 5.92 Å². The van der Waals surface area contributed by atoms with E-state index in [1.807, 2.05) is 4.90 Å². The quantitative estimate of drug-likeness (QED) is 0.604. The molecule has 9 heteroatoms. The van der Waals surface area contributed by atoms with Crippen LogP contribution >= 0.6 is 12.2 Å². The van der Waals surface area contributed by atoms with E-state index in [1.165, 1.54) is 21.7 Å². The van der Waals surface area contributed by atoms with Crippen LogP contribution in [0.25, 0.3) is 0 Å². The standard InChI is InChI=1S/C25H28N4O4S/c1-16-5-3-6-20(17(16)2)27-9-11-28(12-10-27)23(30)7-4-8-29-24(31)18-13-21-22(33-15-32-21)14-19(18)26-25(29)34/h3,5-6,13-14,18H,4,7-12,15H2,1-2H3. The molecular weight excluding hydrogens is 452 g/mol. The summed E-state index contributed by atoms with van der Waals surface area (Å²) in [6, 6.07) is 6.36. The van der Waals surface area contributed by atoms with Crippen LogP contribution < -0.4 is 4.90 Å². The zero-order valence-corrected chi connectivity index (χ0v) is 20.3. The number of hydrogen-bond acceptors (Lipinski definition) is 6. The summed E-state index contributed by atoms with van der Waals surface area (Å²) in [5.74, 6) is 0.607. The third kappa shape index (κ3) is 4.20. The average molecular weight is 481 g/mol. The van der Waals surface area contributed by atoms with Crippen molar-refractivity contribution < 1.29 is 19.1 Å². The maximum absolute atomic E-state index is 13.0. The van der Waals surface area contributed by atoms with Crippen molar-refractivity contribution in [2.75, 3.05) is 44.4 Å². The number of carbonyl (C=O) groups excluding carboxylic acids is 2. The molecule has 4 aliphatic rings. The molecule has 8 nitrogen and oxygen atoms in total. The van der Waals surface area contributed by atoms with Gasteiger partial charge in [-0.3, -0.25) is 14.5 Å². The molecule has 2 saturated heterocycles. The predicted octanol–water partition coefficient (Wildman–Crippen LogP) is 2.70. The lowest BCUT2D eigenvalue weighted by Crippen LogP contribution is -2.49. The molecule has 5 rings (SSSR count). The average Bonchev–Trinajstić information content (AvgIpc) is 3.29. The van der Waals surface area contributed by atoms with E-state index in [9.17, 15) is 9.59 Å². The van der Waals surface area contributed by atoms with Gasteiger partial charge in [0.25, 0.3) is 0 Å². The first-order valence-electron chi connectivity index (χ1n) is 11.6. The Bertz CT molecular complexity index is 1130. The number of nitrogens with zero attached hydrogens (tertiary/aromatic N) is 4. The van der Waals surface area contributed by atoms with Gasteiger partial charge in [0, 0.05) is 50.9 Å². The van der Waals surface area contributed by atoms with Crippen LogP contribution in [0.3, 0.4) is 0 Å². The van der Waals surface area contributed by atoms with Crippen LogP contribution in [0.4, 0.5) is 5.69 Å². The summed E-state index contributed by atoms with van der Waals surface area (Å²) in [6.07, 6.45) is 4.37. The number of aryl methyl sites for hydroxylation is 1. The highest BCUT2D eigenvalue weighted by atomic mass is 32.1. The Labute approximate surface area is 204 Å². The number of amides is 2. The fraction of sp³-hybridized carbons (Fsp3) is 0.440. The minimum atomic E-state index is -0.527. The molecule has 34 heavy (non-hydrogen) atoms. The molecule has 0 radical (unpaired) electrons. The number of ether oxygens (including phenoxy) is 2. The Hall–Kier alpha value is -3.20. The summed E-state index contributed by atoms with van der Waals surface area (Å²) in [6.45, 7) is 7.83. The molecule has 3 heterocycles. The third-order valence-electron chi connectivity index (χ3n) is 6.90. The van der Waals surface area contributed by atoms with Crippen molar-refractivity contribution >= 4 is 40.5 Å². The molecule has 0 aromatic heterocycles. The lowest BCUT2D eigenvalue weighted by molar-refractivity contribution is -0.132. The summed E-state index contributed by atoms with van der Waals surface area (Å²) in [7, 11) is 0. The molecule has 0 N–H and O–H groups in total. The fourth-order valence-corrected chi connectivity index (χ4v) is 5.05. The summed E-state index contributed by atoms with van der Waals surface area (Å²) in [5.41, 5.74) is 4.40. The van der Waals surface area contributed by atoms with Crippen LogP contribution in [0.2, 0.25) is 0 Å². The molecule has 2 fully saturated rings. The van der Waals surface area contributed by atoms with Crippen LogP contribution in [0.15, 0.2) is 46.9 Å². The van der Waals surface area contributed by atoms with Gasteiger partial charge in [-0.2, -0.15) is 0 Å². The molecule has 0 saturated carbocycles. The molecule has 1 atom stereocenters. The topological polar surface area (TPSA) is 74.7 Å². The number of piperazine rings is 1. The van der Waals surface area contributed by atoms with E-state index in [1.54, 1.807) is 12.2 Å². The van der Waals surface area contributed by atoms with Crippen LogP contribution in [0.1, 0.15) is 24.0 Å². The van der Waals surface area contributed by atoms with Gasteiger partial charge in [-0.15, -0.1) is 0 Å². The molecule has 0 spiro atoms. The molecular formula is C25H28N4O4S. The SMILES string of the molecule is Cc1cccc(N2CCN(C(=O)CCCN3C(=O)C4C=C5OCOC5=CC4=NC3=S)CC2)c1C. The predicted molar refractivity (Wildman–Crippen MR) is 132 cm³/mol. The van der Waals surface area contributed by atoms with Crippen LogP contribution in [0.5, 0.6) is 0 Å². The van der Waals surface area contributed by atoms with Crippen LogP contribution in [-0.4, -0.2) is 72.0 Å². The summed E-state index contributed by atoms with van der Waals surface area (Å²) in [5, 5.41) is 0.235. The second-order valence-corrected chi connectivity index (χ2v) is 9.29. The highest BCUT2D eigenvalue weighted by Crippen LogP contribution is 2.31. The number of thiocarbonyl (C=S) groups is 1. The van der Waals surface area contributed by atoms with Gasteiger partial charge in [-0.25, -0.2) is 4.99 Å². The first kappa shape index (κ1) is 22.6. The first-order chi connectivity index (χ1) is 16.4. The van der Waals surface area contributed by atoms with Gasteiger partial charge in [0.15, 0.2) is 11.5 Å². The molecule has 2 amide bonds. The van der Waals surface area contributed by atoms with Gasteiger partial charge in [-0.05, 0) is 55.8 Å². The van der Waals surface area contributed by atoms with Crippen molar-refractivity contribution in [3.05, 3.63) is 53.0 Å².